The van der Waals surface area contributed by atoms with Gasteiger partial charge in [0.25, 0.3) is 0 Å². The van der Waals surface area contributed by atoms with Gasteiger partial charge in [0.1, 0.15) is 0 Å². The number of carbonyl (C=O) groups excluding carboxylic acids is 2. The van der Waals surface area contributed by atoms with Crippen molar-refractivity contribution in [2.24, 2.45) is 0 Å². The minimum absolute atomic E-state index is 0.235. The van der Waals surface area contributed by atoms with E-state index in [4.69, 9.17) is 14.2 Å². The molecule has 3 heterocycles. The third kappa shape index (κ3) is 7.09. The lowest BCUT2D eigenvalue weighted by molar-refractivity contribution is 0.159. The molecule has 0 aromatic heterocycles. The highest BCUT2D eigenvalue weighted by Crippen LogP contribution is 2.17. The fraction of sp³-hybridized carbons (Fsp3) is 0.889. The fourth-order valence-corrected chi connectivity index (χ4v) is 2.94. The largest absolute Gasteiger partial charge is 0.373 e. The number of hydrogen-bond acceptors (Lipinski definition) is 5. The van der Waals surface area contributed by atoms with Crippen LogP contribution in [0.1, 0.15) is 38.5 Å². The predicted octanol–water partition coefficient (Wildman–Crippen LogP) is 1.59. The summed E-state index contributed by atoms with van der Waals surface area (Å²) in [5.41, 5.74) is 0. The first-order chi connectivity index (χ1) is 12.6. The molecular formula is C18H31N3O5. The van der Waals surface area contributed by atoms with Gasteiger partial charge in [-0.1, -0.05) is 0 Å². The van der Waals surface area contributed by atoms with Crippen LogP contribution in [0.2, 0.25) is 0 Å². The van der Waals surface area contributed by atoms with Gasteiger partial charge in [-0.25, -0.2) is 14.5 Å². The molecule has 3 rings (SSSR count). The number of imide groups is 1. The molecule has 3 saturated heterocycles. The van der Waals surface area contributed by atoms with E-state index in [-0.39, 0.29) is 12.1 Å². The second-order valence-corrected chi connectivity index (χ2v) is 7.38. The zero-order valence-corrected chi connectivity index (χ0v) is 15.7. The quantitative estimate of drug-likeness (QED) is 0.417. The number of amides is 4. The van der Waals surface area contributed by atoms with Crippen LogP contribution in [0.3, 0.4) is 0 Å². The van der Waals surface area contributed by atoms with Crippen LogP contribution in [0, 0.1) is 0 Å². The average Bonchev–Trinajstić information content (AvgIpc) is 3.47. The Kier molecular flexibility index (Phi) is 7.10. The molecule has 148 valence electrons. The van der Waals surface area contributed by atoms with Crippen molar-refractivity contribution in [2.45, 2.75) is 56.8 Å². The highest BCUT2D eigenvalue weighted by molar-refractivity contribution is 5.93. The molecule has 3 fully saturated rings. The minimum atomic E-state index is -0.305. The van der Waals surface area contributed by atoms with Gasteiger partial charge in [0.2, 0.25) is 0 Å². The second kappa shape index (κ2) is 9.53. The fourth-order valence-electron chi connectivity index (χ4n) is 2.94. The Labute approximate surface area is 155 Å². The van der Waals surface area contributed by atoms with Crippen molar-refractivity contribution in [1.29, 1.82) is 0 Å². The van der Waals surface area contributed by atoms with Crippen LogP contribution in [0.4, 0.5) is 9.59 Å². The maximum absolute atomic E-state index is 12.7. The summed E-state index contributed by atoms with van der Waals surface area (Å²) in [6.07, 6.45) is 6.37. The first-order valence-corrected chi connectivity index (χ1v) is 9.78. The van der Waals surface area contributed by atoms with Crippen molar-refractivity contribution in [3.63, 3.8) is 0 Å². The van der Waals surface area contributed by atoms with E-state index < -0.39 is 0 Å². The number of nitrogens with zero attached hydrogens (tertiary/aromatic N) is 2. The van der Waals surface area contributed by atoms with Crippen LogP contribution in [0.25, 0.3) is 0 Å². The smallest absolute Gasteiger partial charge is 0.327 e. The summed E-state index contributed by atoms with van der Waals surface area (Å²) in [5.74, 6) is 0. The number of rotatable bonds is 12. The summed E-state index contributed by atoms with van der Waals surface area (Å²) < 4.78 is 15.6. The third-order valence-electron chi connectivity index (χ3n) is 4.92. The van der Waals surface area contributed by atoms with E-state index in [1.807, 2.05) is 0 Å². The first-order valence-electron chi connectivity index (χ1n) is 9.78. The van der Waals surface area contributed by atoms with Gasteiger partial charge in [0.05, 0.1) is 38.1 Å². The van der Waals surface area contributed by atoms with Gasteiger partial charge in [-0.3, -0.25) is 0 Å². The summed E-state index contributed by atoms with van der Waals surface area (Å²) in [4.78, 5) is 28.2. The highest BCUT2D eigenvalue weighted by atomic mass is 16.6. The Morgan fingerprint density at radius 1 is 0.885 bits per heavy atom. The molecule has 1 N–H and O–H groups in total. The van der Waals surface area contributed by atoms with Crippen molar-refractivity contribution in [3.8, 4) is 0 Å². The van der Waals surface area contributed by atoms with Gasteiger partial charge < -0.3 is 24.4 Å². The topological polar surface area (TPSA) is 90.2 Å². The maximum Gasteiger partial charge on any atom is 0.327 e. The van der Waals surface area contributed by atoms with Crippen LogP contribution in [0.15, 0.2) is 0 Å². The molecule has 3 atom stereocenters. The highest BCUT2D eigenvalue weighted by Gasteiger charge is 2.28. The van der Waals surface area contributed by atoms with E-state index >= 15 is 0 Å². The van der Waals surface area contributed by atoms with Gasteiger partial charge >= 0.3 is 12.1 Å². The van der Waals surface area contributed by atoms with Crippen molar-refractivity contribution >= 4 is 12.1 Å². The lowest BCUT2D eigenvalue weighted by atomic mass is 10.2. The number of urea groups is 2. The number of hydrogen-bond donors (Lipinski definition) is 1. The van der Waals surface area contributed by atoms with Crippen molar-refractivity contribution in [1.82, 2.24) is 15.1 Å². The van der Waals surface area contributed by atoms with Crippen molar-refractivity contribution < 1.29 is 23.8 Å². The lowest BCUT2D eigenvalue weighted by Gasteiger charge is -2.27. The predicted molar refractivity (Wildman–Crippen MR) is 95.1 cm³/mol. The van der Waals surface area contributed by atoms with E-state index in [1.165, 1.54) is 4.90 Å². The van der Waals surface area contributed by atoms with E-state index in [2.05, 4.69) is 5.32 Å². The van der Waals surface area contributed by atoms with Crippen LogP contribution < -0.4 is 5.32 Å². The van der Waals surface area contributed by atoms with E-state index in [1.54, 1.807) is 11.9 Å². The maximum atomic E-state index is 12.7. The molecule has 0 spiro atoms. The summed E-state index contributed by atoms with van der Waals surface area (Å²) in [5, 5.41) is 2.87. The molecule has 3 aliphatic rings. The normalized spacial score (nSPS) is 25.5. The summed E-state index contributed by atoms with van der Waals surface area (Å²) >= 11 is 0. The Bertz CT molecular complexity index is 477. The number of ether oxygens (including phenoxy) is 3. The monoisotopic (exact) mass is 369 g/mol. The Hall–Kier alpha value is -1.38. The summed E-state index contributed by atoms with van der Waals surface area (Å²) in [7, 11) is 1.75. The molecule has 0 bridgehead atoms. The van der Waals surface area contributed by atoms with Crippen molar-refractivity contribution in [3.05, 3.63) is 0 Å². The number of nitrogens with one attached hydrogen (secondary N) is 1. The van der Waals surface area contributed by atoms with Gasteiger partial charge in [-0.05, 0) is 38.5 Å². The van der Waals surface area contributed by atoms with Gasteiger partial charge in [0, 0.05) is 26.7 Å². The number of carbonyl (C=O) groups is 2. The standard InChI is InChI=1S/C18H31N3O5/c1-20(9-3-6-15-12-25-15)18(23)21(10-4-7-16-13-26-16)17(22)19-8-2-5-14-11-24-14/h14-16H,2-13H2,1H3,(H,19,22). The number of epoxide rings is 3. The first kappa shape index (κ1) is 19.4. The van der Waals surface area contributed by atoms with Crippen molar-refractivity contribution in [2.75, 3.05) is 46.5 Å². The molecule has 0 radical (unpaired) electrons. The molecular weight excluding hydrogens is 338 g/mol. The molecule has 3 unspecified atom stereocenters. The molecule has 0 aliphatic carbocycles. The minimum Gasteiger partial charge on any atom is -0.373 e. The van der Waals surface area contributed by atoms with Crippen LogP contribution in [0.5, 0.6) is 0 Å². The van der Waals surface area contributed by atoms with E-state index in [0.29, 0.717) is 37.9 Å². The lowest BCUT2D eigenvalue weighted by Crippen LogP contribution is -2.49. The Balaban J connectivity index is 1.40. The second-order valence-electron chi connectivity index (χ2n) is 7.38. The molecule has 0 aromatic rings. The molecule has 0 saturated carbocycles. The Morgan fingerprint density at radius 3 is 1.92 bits per heavy atom. The van der Waals surface area contributed by atoms with Crippen LogP contribution >= 0.6 is 0 Å². The Morgan fingerprint density at radius 2 is 1.38 bits per heavy atom. The summed E-state index contributed by atoms with van der Waals surface area (Å²) in [6, 6.07) is -0.540. The van der Waals surface area contributed by atoms with Gasteiger partial charge in [-0.2, -0.15) is 0 Å². The average molecular weight is 369 g/mol. The molecule has 0 aromatic carbocycles. The molecule has 8 heteroatoms. The summed E-state index contributed by atoms with van der Waals surface area (Å²) in [6.45, 7) is 4.09. The molecule has 8 nitrogen and oxygen atoms in total. The zero-order valence-electron chi connectivity index (χ0n) is 15.7. The zero-order chi connectivity index (χ0) is 18.4. The van der Waals surface area contributed by atoms with Gasteiger partial charge in [-0.15, -0.1) is 0 Å². The molecule has 26 heavy (non-hydrogen) atoms. The van der Waals surface area contributed by atoms with E-state index in [0.717, 1.165) is 58.3 Å². The SMILES string of the molecule is CN(CCCC1CO1)C(=O)N(CCCC1CO1)C(=O)NCCCC1CO1. The van der Waals surface area contributed by atoms with E-state index in [9.17, 15) is 9.59 Å². The van der Waals surface area contributed by atoms with Crippen LogP contribution in [-0.2, 0) is 14.2 Å². The van der Waals surface area contributed by atoms with Crippen LogP contribution in [-0.4, -0.2) is 86.7 Å². The molecule has 3 aliphatic heterocycles. The third-order valence-corrected chi connectivity index (χ3v) is 4.92. The molecule has 4 amide bonds. The van der Waals surface area contributed by atoms with Gasteiger partial charge in [0.15, 0.2) is 0 Å².